The van der Waals surface area contributed by atoms with E-state index in [1.54, 1.807) is 25.1 Å². The highest BCUT2D eigenvalue weighted by atomic mass is 32.2. The quantitative estimate of drug-likeness (QED) is 0.213. The molecule has 19 heavy (non-hydrogen) atoms. The lowest BCUT2D eigenvalue weighted by Crippen LogP contribution is -2.48. The van der Waals surface area contributed by atoms with Gasteiger partial charge in [-0.1, -0.05) is 0 Å². The third-order valence-electron chi connectivity index (χ3n) is 2.16. The largest absolute Gasteiger partial charge is 0.351 e. The maximum atomic E-state index is 10.7. The molecule has 0 atom stereocenters. The first kappa shape index (κ1) is 15.3. The SMILES string of the molecule is CNNC(=NCCSCc1nc[nH]c1C)NC(N)=O. The van der Waals surface area contributed by atoms with E-state index < -0.39 is 6.03 Å². The highest BCUT2D eigenvalue weighted by molar-refractivity contribution is 7.98. The second-order valence-corrected chi connectivity index (χ2v) is 4.73. The minimum absolute atomic E-state index is 0.312. The minimum Gasteiger partial charge on any atom is -0.351 e. The Hall–Kier alpha value is -1.74. The fraction of sp³-hybridized carbons (Fsp3) is 0.500. The Bertz CT molecular complexity index is 431. The first-order chi connectivity index (χ1) is 9.13. The van der Waals surface area contributed by atoms with Crippen LogP contribution in [-0.4, -0.2) is 41.3 Å². The number of primary amides is 1. The van der Waals surface area contributed by atoms with Gasteiger partial charge in [-0.3, -0.25) is 15.7 Å². The van der Waals surface area contributed by atoms with Gasteiger partial charge in [0, 0.05) is 24.2 Å². The fourth-order valence-corrected chi connectivity index (χ4v) is 2.12. The van der Waals surface area contributed by atoms with Gasteiger partial charge >= 0.3 is 6.03 Å². The number of aromatic nitrogens is 2. The van der Waals surface area contributed by atoms with Crippen LogP contribution in [-0.2, 0) is 5.75 Å². The molecule has 0 aliphatic rings. The van der Waals surface area contributed by atoms with Gasteiger partial charge in [0.1, 0.15) is 0 Å². The molecule has 8 nitrogen and oxygen atoms in total. The van der Waals surface area contributed by atoms with Gasteiger partial charge in [-0.05, 0) is 6.92 Å². The summed E-state index contributed by atoms with van der Waals surface area (Å²) in [6, 6.07) is -0.652. The van der Waals surface area contributed by atoms with Crippen LogP contribution in [0.3, 0.4) is 0 Å². The highest BCUT2D eigenvalue weighted by Crippen LogP contribution is 2.11. The monoisotopic (exact) mass is 285 g/mol. The topological polar surface area (TPSA) is 120 Å². The van der Waals surface area contributed by atoms with Crippen molar-refractivity contribution >= 4 is 23.8 Å². The van der Waals surface area contributed by atoms with Crippen LogP contribution in [0.5, 0.6) is 0 Å². The van der Waals surface area contributed by atoms with E-state index in [9.17, 15) is 4.79 Å². The number of imidazole rings is 1. The number of nitrogens with zero attached hydrogens (tertiary/aromatic N) is 2. The number of H-pyrrole nitrogens is 1. The molecule has 0 aromatic carbocycles. The van der Waals surface area contributed by atoms with E-state index in [0.29, 0.717) is 12.5 Å². The molecule has 6 N–H and O–H groups in total. The maximum absolute atomic E-state index is 10.7. The zero-order valence-electron chi connectivity index (χ0n) is 11.0. The Morgan fingerprint density at radius 2 is 2.42 bits per heavy atom. The molecule has 0 aliphatic carbocycles. The lowest BCUT2D eigenvalue weighted by atomic mass is 10.4. The Labute approximate surface area is 116 Å². The molecule has 1 aromatic rings. The number of nitrogens with one attached hydrogen (secondary N) is 4. The molecule has 106 valence electrons. The van der Waals surface area contributed by atoms with Crippen molar-refractivity contribution in [1.82, 2.24) is 26.1 Å². The van der Waals surface area contributed by atoms with E-state index >= 15 is 0 Å². The second-order valence-electron chi connectivity index (χ2n) is 3.62. The molecule has 0 aliphatic heterocycles. The number of aryl methyl sites for hydroxylation is 1. The first-order valence-electron chi connectivity index (χ1n) is 5.73. The lowest BCUT2D eigenvalue weighted by molar-refractivity contribution is 0.252. The Balaban J connectivity index is 2.27. The van der Waals surface area contributed by atoms with Crippen molar-refractivity contribution < 1.29 is 4.79 Å². The summed E-state index contributed by atoms with van der Waals surface area (Å²) in [6.07, 6.45) is 1.69. The van der Waals surface area contributed by atoms with E-state index in [1.165, 1.54) is 0 Å². The van der Waals surface area contributed by atoms with Gasteiger partial charge in [0.15, 0.2) is 0 Å². The van der Waals surface area contributed by atoms with Gasteiger partial charge in [-0.2, -0.15) is 11.8 Å². The molecular formula is C10H19N7OS. The Morgan fingerprint density at radius 1 is 1.63 bits per heavy atom. The van der Waals surface area contributed by atoms with Crippen LogP contribution in [0.15, 0.2) is 11.3 Å². The van der Waals surface area contributed by atoms with Crippen molar-refractivity contribution in [3.05, 3.63) is 17.7 Å². The van der Waals surface area contributed by atoms with Gasteiger partial charge in [-0.15, -0.1) is 0 Å². The van der Waals surface area contributed by atoms with E-state index in [4.69, 9.17) is 5.73 Å². The zero-order valence-corrected chi connectivity index (χ0v) is 11.8. The second kappa shape index (κ2) is 8.38. The van der Waals surface area contributed by atoms with E-state index in [-0.39, 0.29) is 0 Å². The van der Waals surface area contributed by atoms with Crippen molar-refractivity contribution in [1.29, 1.82) is 0 Å². The average Bonchev–Trinajstić information content (AvgIpc) is 2.74. The smallest absolute Gasteiger partial charge is 0.318 e. The number of rotatable bonds is 6. The number of nitrogens with two attached hydrogens (primary N) is 1. The minimum atomic E-state index is -0.652. The van der Waals surface area contributed by atoms with E-state index in [2.05, 4.69) is 31.1 Å². The molecule has 1 heterocycles. The molecule has 1 rings (SSSR count). The summed E-state index contributed by atoms with van der Waals surface area (Å²) < 4.78 is 0. The number of hydrazine groups is 1. The first-order valence-corrected chi connectivity index (χ1v) is 6.89. The van der Waals surface area contributed by atoms with Crippen LogP contribution in [0.1, 0.15) is 11.4 Å². The third kappa shape index (κ3) is 6.11. The van der Waals surface area contributed by atoms with E-state index in [0.717, 1.165) is 22.9 Å². The predicted octanol–water partition coefficient (Wildman–Crippen LogP) is -0.300. The van der Waals surface area contributed by atoms with Crippen LogP contribution in [0.2, 0.25) is 0 Å². The molecule has 0 bridgehead atoms. The van der Waals surface area contributed by atoms with Crippen molar-refractivity contribution in [3.8, 4) is 0 Å². The number of hydrogen-bond donors (Lipinski definition) is 5. The molecule has 2 amide bonds. The van der Waals surface area contributed by atoms with E-state index in [1.807, 2.05) is 6.92 Å². The summed E-state index contributed by atoms with van der Waals surface area (Å²) in [4.78, 5) is 22.1. The predicted molar refractivity (Wildman–Crippen MR) is 76.7 cm³/mol. The van der Waals surface area contributed by atoms with Gasteiger partial charge in [0.05, 0.1) is 18.6 Å². The summed E-state index contributed by atoms with van der Waals surface area (Å²) in [6.45, 7) is 2.56. The van der Waals surface area contributed by atoms with Crippen molar-refractivity contribution in [2.75, 3.05) is 19.3 Å². The summed E-state index contributed by atoms with van der Waals surface area (Å²) >= 11 is 1.72. The lowest BCUT2D eigenvalue weighted by Gasteiger charge is -2.08. The highest BCUT2D eigenvalue weighted by Gasteiger charge is 2.02. The van der Waals surface area contributed by atoms with Gasteiger partial charge < -0.3 is 10.7 Å². The van der Waals surface area contributed by atoms with Crippen LogP contribution >= 0.6 is 11.8 Å². The van der Waals surface area contributed by atoms with Gasteiger partial charge in [0.25, 0.3) is 0 Å². The molecular weight excluding hydrogens is 266 g/mol. The molecule has 0 radical (unpaired) electrons. The standard InChI is InChI=1S/C10H19N7OS/c1-7-8(15-6-14-7)5-19-4-3-13-10(17-12-2)16-9(11)18/h6,12H,3-5H2,1-2H3,(H,14,15)(H4,11,13,16,17,18). The van der Waals surface area contributed by atoms with Crippen molar-refractivity contribution in [2.24, 2.45) is 10.7 Å². The van der Waals surface area contributed by atoms with Crippen LogP contribution in [0.25, 0.3) is 0 Å². The van der Waals surface area contributed by atoms with Crippen molar-refractivity contribution in [2.45, 2.75) is 12.7 Å². The van der Waals surface area contributed by atoms with Crippen LogP contribution in [0, 0.1) is 6.92 Å². The number of amides is 2. The molecule has 0 fully saturated rings. The Morgan fingerprint density at radius 3 is 3.00 bits per heavy atom. The summed E-state index contributed by atoms with van der Waals surface area (Å²) in [5, 5.41) is 2.38. The molecule has 0 spiro atoms. The number of thioether (sulfide) groups is 1. The molecule has 0 saturated carbocycles. The van der Waals surface area contributed by atoms with Crippen LogP contribution < -0.4 is 21.9 Å². The summed E-state index contributed by atoms with van der Waals surface area (Å²) in [5.41, 5.74) is 12.5. The number of carbonyl (C=O) groups is 1. The summed E-state index contributed by atoms with van der Waals surface area (Å²) in [7, 11) is 1.67. The zero-order chi connectivity index (χ0) is 14.1. The molecule has 9 heteroatoms. The number of urea groups is 1. The van der Waals surface area contributed by atoms with Gasteiger partial charge in [-0.25, -0.2) is 15.2 Å². The molecule has 1 aromatic heterocycles. The van der Waals surface area contributed by atoms with Gasteiger partial charge in [0.2, 0.25) is 5.96 Å². The summed E-state index contributed by atoms with van der Waals surface area (Å²) in [5.74, 6) is 1.97. The number of guanidine groups is 1. The number of aromatic amines is 1. The number of aliphatic imine (C=N–C) groups is 1. The Kier molecular flexibility index (Phi) is 6.75. The van der Waals surface area contributed by atoms with Crippen LogP contribution in [0.4, 0.5) is 4.79 Å². The fourth-order valence-electron chi connectivity index (χ4n) is 1.27. The van der Waals surface area contributed by atoms with Crippen molar-refractivity contribution in [3.63, 3.8) is 0 Å². The average molecular weight is 285 g/mol. The normalized spacial score (nSPS) is 11.4. The molecule has 0 saturated heterocycles. The maximum Gasteiger partial charge on any atom is 0.318 e. The number of carbonyl (C=O) groups excluding carboxylic acids is 1. The molecule has 0 unspecified atom stereocenters. The number of hydrogen-bond acceptors (Lipinski definition) is 5. The third-order valence-corrected chi connectivity index (χ3v) is 3.11.